The van der Waals surface area contributed by atoms with Gasteiger partial charge in [-0.05, 0) is 24.2 Å². The molecule has 1 aliphatic carbocycles. The number of hydrogen-bond acceptors (Lipinski definition) is 1. The molecule has 1 aliphatic rings. The molecule has 58 valence electrons. The van der Waals surface area contributed by atoms with Crippen LogP contribution in [0.4, 0.5) is 0 Å². The molecule has 1 heteroatoms. The van der Waals surface area contributed by atoms with E-state index in [1.165, 1.54) is 19.3 Å². The first-order valence-electron chi connectivity index (χ1n) is 3.96. The molecule has 10 heavy (non-hydrogen) atoms. The van der Waals surface area contributed by atoms with E-state index in [-0.39, 0.29) is 0 Å². The fraction of sp³-hybridized carbons (Fsp3) is 0.778. The van der Waals surface area contributed by atoms with Crippen LogP contribution in [0.25, 0.3) is 0 Å². The lowest BCUT2D eigenvalue weighted by Gasteiger charge is -2.17. The van der Waals surface area contributed by atoms with Gasteiger partial charge in [0.15, 0.2) is 0 Å². The fourth-order valence-corrected chi connectivity index (χ4v) is 2.36. The van der Waals surface area contributed by atoms with E-state index in [9.17, 15) is 0 Å². The summed E-state index contributed by atoms with van der Waals surface area (Å²) in [6.07, 6.45) is 6.38. The van der Waals surface area contributed by atoms with Crippen molar-refractivity contribution in [3.63, 3.8) is 0 Å². The van der Waals surface area contributed by atoms with E-state index in [0.29, 0.717) is 4.75 Å². The molecule has 0 N–H and O–H groups in total. The number of allylic oxidation sites excluding steroid dienone is 2. The van der Waals surface area contributed by atoms with Gasteiger partial charge in [0.2, 0.25) is 0 Å². The van der Waals surface area contributed by atoms with E-state index in [1.54, 1.807) is 4.91 Å². The first kappa shape index (κ1) is 8.19. The van der Waals surface area contributed by atoms with E-state index in [4.69, 9.17) is 0 Å². The summed E-state index contributed by atoms with van der Waals surface area (Å²) < 4.78 is 0.413. The fourth-order valence-electron chi connectivity index (χ4n) is 1.13. The van der Waals surface area contributed by atoms with Gasteiger partial charge < -0.3 is 0 Å². The highest BCUT2D eigenvalue weighted by molar-refractivity contribution is 8.04. The Hall–Kier alpha value is 0.0900. The van der Waals surface area contributed by atoms with Crippen molar-refractivity contribution in [2.75, 3.05) is 0 Å². The molecule has 0 bridgehead atoms. The smallest absolute Gasteiger partial charge is 0.0119 e. The third-order valence-corrected chi connectivity index (χ3v) is 2.68. The Kier molecular flexibility index (Phi) is 2.45. The highest BCUT2D eigenvalue weighted by Gasteiger charge is 2.15. The van der Waals surface area contributed by atoms with Gasteiger partial charge in [0.1, 0.15) is 0 Å². The second-order valence-electron chi connectivity index (χ2n) is 3.78. The average Bonchev–Trinajstić information content (AvgIpc) is 2.12. The third-order valence-electron chi connectivity index (χ3n) is 1.44. The quantitative estimate of drug-likeness (QED) is 0.559. The molecule has 1 rings (SSSR count). The van der Waals surface area contributed by atoms with Gasteiger partial charge in [-0.1, -0.05) is 26.8 Å². The standard InChI is InChI=1S/C9H16S/c1-9(2,3)10-8-6-4-5-7-8/h6H,4-5,7H2,1-3H3. The molecule has 0 aromatic heterocycles. The molecule has 0 nitrogen and oxygen atoms in total. The molecule has 0 unspecified atom stereocenters. The van der Waals surface area contributed by atoms with E-state index in [0.717, 1.165) is 0 Å². The zero-order valence-corrected chi connectivity index (χ0v) is 7.92. The number of hydrogen-bond donors (Lipinski definition) is 0. The molecule has 0 aliphatic heterocycles. The summed E-state index contributed by atoms with van der Waals surface area (Å²) in [7, 11) is 0. The normalized spacial score (nSPS) is 19.3. The van der Waals surface area contributed by atoms with Crippen LogP contribution in [0.5, 0.6) is 0 Å². The van der Waals surface area contributed by atoms with Gasteiger partial charge in [0, 0.05) is 4.75 Å². The summed E-state index contributed by atoms with van der Waals surface area (Å²) in [5, 5.41) is 0. The number of rotatable bonds is 1. The van der Waals surface area contributed by atoms with Crippen LogP contribution < -0.4 is 0 Å². The SMILES string of the molecule is CC(C)(C)SC1=CCCC1. The molecule has 0 heterocycles. The lowest BCUT2D eigenvalue weighted by molar-refractivity contribution is 0.804. The minimum atomic E-state index is 0.413. The van der Waals surface area contributed by atoms with Crippen LogP contribution in [0.3, 0.4) is 0 Å². The number of thioether (sulfide) groups is 1. The van der Waals surface area contributed by atoms with Crippen molar-refractivity contribution in [1.82, 2.24) is 0 Å². The summed E-state index contributed by atoms with van der Waals surface area (Å²) >= 11 is 2.03. The molecule has 0 saturated heterocycles. The second-order valence-corrected chi connectivity index (χ2v) is 5.73. The molecule has 0 radical (unpaired) electrons. The van der Waals surface area contributed by atoms with Crippen molar-refractivity contribution in [2.24, 2.45) is 0 Å². The molecule has 0 spiro atoms. The monoisotopic (exact) mass is 156 g/mol. The molecule has 0 saturated carbocycles. The summed E-state index contributed by atoms with van der Waals surface area (Å²) in [5.41, 5.74) is 0. The minimum Gasteiger partial charge on any atom is -0.125 e. The maximum Gasteiger partial charge on any atom is 0.0119 e. The van der Waals surface area contributed by atoms with E-state index < -0.39 is 0 Å². The predicted molar refractivity (Wildman–Crippen MR) is 49.3 cm³/mol. The van der Waals surface area contributed by atoms with Gasteiger partial charge in [-0.3, -0.25) is 0 Å². The minimum absolute atomic E-state index is 0.413. The van der Waals surface area contributed by atoms with Crippen molar-refractivity contribution < 1.29 is 0 Å². The Balaban J connectivity index is 2.38. The first-order chi connectivity index (χ1) is 4.58. The molecule has 0 fully saturated rings. The molecule has 0 aromatic rings. The highest BCUT2D eigenvalue weighted by atomic mass is 32.2. The van der Waals surface area contributed by atoms with Crippen molar-refractivity contribution in [3.8, 4) is 0 Å². The largest absolute Gasteiger partial charge is 0.125 e. The van der Waals surface area contributed by atoms with Gasteiger partial charge in [0.25, 0.3) is 0 Å². The van der Waals surface area contributed by atoms with Gasteiger partial charge in [-0.25, -0.2) is 0 Å². The zero-order chi connectivity index (χ0) is 7.61. The van der Waals surface area contributed by atoms with E-state index in [2.05, 4.69) is 26.8 Å². The van der Waals surface area contributed by atoms with Crippen LogP contribution in [0.2, 0.25) is 0 Å². The van der Waals surface area contributed by atoms with Crippen LogP contribution in [0.15, 0.2) is 11.0 Å². The molecule has 0 amide bonds. The van der Waals surface area contributed by atoms with Crippen molar-refractivity contribution in [2.45, 2.75) is 44.8 Å². The van der Waals surface area contributed by atoms with E-state index in [1.807, 2.05) is 11.8 Å². The lowest BCUT2D eigenvalue weighted by atomic mass is 10.3. The molecular weight excluding hydrogens is 140 g/mol. The third kappa shape index (κ3) is 2.78. The van der Waals surface area contributed by atoms with Gasteiger partial charge in [-0.2, -0.15) is 0 Å². The molecular formula is C9H16S. The first-order valence-corrected chi connectivity index (χ1v) is 4.78. The average molecular weight is 156 g/mol. The maximum atomic E-state index is 2.38. The van der Waals surface area contributed by atoms with Crippen LogP contribution in [-0.4, -0.2) is 4.75 Å². The maximum absolute atomic E-state index is 2.38. The van der Waals surface area contributed by atoms with Crippen molar-refractivity contribution in [3.05, 3.63) is 11.0 Å². The molecule has 0 atom stereocenters. The van der Waals surface area contributed by atoms with Gasteiger partial charge in [0.05, 0.1) is 0 Å². The summed E-state index contributed by atoms with van der Waals surface area (Å²) in [6.45, 7) is 6.82. The summed E-state index contributed by atoms with van der Waals surface area (Å²) in [6, 6.07) is 0. The van der Waals surface area contributed by atoms with Gasteiger partial charge >= 0.3 is 0 Å². The lowest BCUT2D eigenvalue weighted by Crippen LogP contribution is -2.06. The Morgan fingerprint density at radius 1 is 1.40 bits per heavy atom. The summed E-state index contributed by atoms with van der Waals surface area (Å²) in [4.78, 5) is 1.60. The van der Waals surface area contributed by atoms with Gasteiger partial charge in [-0.15, -0.1) is 11.8 Å². The predicted octanol–water partition coefficient (Wildman–Crippen LogP) is 3.59. The Morgan fingerprint density at radius 2 is 2.10 bits per heavy atom. The highest BCUT2D eigenvalue weighted by Crippen LogP contribution is 2.36. The summed E-state index contributed by atoms with van der Waals surface area (Å²) in [5.74, 6) is 0. The molecule has 0 aromatic carbocycles. The van der Waals surface area contributed by atoms with Crippen LogP contribution in [0, 0.1) is 0 Å². The van der Waals surface area contributed by atoms with Crippen molar-refractivity contribution >= 4 is 11.8 Å². The van der Waals surface area contributed by atoms with Crippen molar-refractivity contribution in [1.29, 1.82) is 0 Å². The van der Waals surface area contributed by atoms with Crippen LogP contribution >= 0.6 is 11.8 Å². The Labute approximate surface area is 68.1 Å². The zero-order valence-electron chi connectivity index (χ0n) is 7.11. The van der Waals surface area contributed by atoms with E-state index >= 15 is 0 Å². The Morgan fingerprint density at radius 3 is 2.50 bits per heavy atom. The topological polar surface area (TPSA) is 0 Å². The Bertz CT molecular complexity index is 139. The second kappa shape index (κ2) is 3.00. The van der Waals surface area contributed by atoms with Crippen LogP contribution in [-0.2, 0) is 0 Å². The van der Waals surface area contributed by atoms with Crippen LogP contribution in [0.1, 0.15) is 40.0 Å².